The first-order valence-electron chi connectivity index (χ1n) is 6.81. The molecule has 2 atom stereocenters. The number of rotatable bonds is 2. The Labute approximate surface area is 108 Å². The molecule has 1 aliphatic heterocycles. The number of nitrogens with one attached hydrogen (secondary N) is 1. The number of aliphatic hydroxyl groups is 1. The second kappa shape index (κ2) is 5.09. The van der Waals surface area contributed by atoms with Crippen molar-refractivity contribution in [2.24, 2.45) is 0 Å². The van der Waals surface area contributed by atoms with Crippen molar-refractivity contribution in [1.82, 2.24) is 0 Å². The van der Waals surface area contributed by atoms with E-state index in [1.807, 2.05) is 0 Å². The third-order valence-corrected chi connectivity index (χ3v) is 3.91. The van der Waals surface area contributed by atoms with E-state index in [-0.39, 0.29) is 6.10 Å². The van der Waals surface area contributed by atoms with Crippen LogP contribution in [0.4, 0.5) is 0 Å². The van der Waals surface area contributed by atoms with Crippen LogP contribution in [0, 0.1) is 0 Å². The minimum atomic E-state index is -0.108. The highest BCUT2D eigenvalue weighted by atomic mass is 16.3. The van der Waals surface area contributed by atoms with Crippen LogP contribution in [0.2, 0.25) is 0 Å². The van der Waals surface area contributed by atoms with Gasteiger partial charge in [0.25, 0.3) is 0 Å². The number of hydrogen-bond acceptors (Lipinski definition) is 1. The van der Waals surface area contributed by atoms with Gasteiger partial charge in [0.1, 0.15) is 19.2 Å². The van der Waals surface area contributed by atoms with Crippen molar-refractivity contribution < 1.29 is 10.0 Å². The zero-order valence-electron chi connectivity index (χ0n) is 10.6. The van der Waals surface area contributed by atoms with Gasteiger partial charge in [0.2, 0.25) is 0 Å². The molecule has 0 amide bonds. The lowest BCUT2D eigenvalue weighted by molar-refractivity contribution is -0.921. The number of quaternary nitrogens is 1. The van der Waals surface area contributed by atoms with Gasteiger partial charge in [-0.2, -0.15) is 0 Å². The Hall–Kier alpha value is -1.38. The van der Waals surface area contributed by atoms with Crippen molar-refractivity contribution in [3.8, 4) is 0 Å². The molecule has 94 valence electrons. The Bertz CT molecular complexity index is 532. The van der Waals surface area contributed by atoms with Crippen LogP contribution in [0.15, 0.2) is 42.5 Å². The lowest BCUT2D eigenvalue weighted by Crippen LogP contribution is -3.12. The minimum absolute atomic E-state index is 0.108. The fourth-order valence-corrected chi connectivity index (χ4v) is 3.00. The summed E-state index contributed by atoms with van der Waals surface area (Å²) in [5.74, 6) is 0. The van der Waals surface area contributed by atoms with E-state index in [2.05, 4.69) is 42.5 Å². The van der Waals surface area contributed by atoms with E-state index >= 15 is 0 Å². The topological polar surface area (TPSA) is 24.7 Å². The van der Waals surface area contributed by atoms with Gasteiger partial charge in [-0.1, -0.05) is 42.5 Å². The summed E-state index contributed by atoms with van der Waals surface area (Å²) in [5.41, 5.74) is 1.40. The average Bonchev–Trinajstić information content (AvgIpc) is 2.39. The van der Waals surface area contributed by atoms with Crippen LogP contribution in [0.5, 0.6) is 0 Å². The van der Waals surface area contributed by atoms with Gasteiger partial charge >= 0.3 is 0 Å². The summed E-state index contributed by atoms with van der Waals surface area (Å²) >= 11 is 0. The maximum atomic E-state index is 9.75. The molecule has 2 N–H and O–H groups in total. The molecule has 2 heteroatoms. The molecule has 0 bridgehead atoms. The summed E-state index contributed by atoms with van der Waals surface area (Å²) in [4.78, 5) is 1.50. The molecule has 0 saturated carbocycles. The zero-order chi connectivity index (χ0) is 12.4. The van der Waals surface area contributed by atoms with Crippen molar-refractivity contribution in [3.63, 3.8) is 0 Å². The molecule has 2 aromatic rings. The van der Waals surface area contributed by atoms with Gasteiger partial charge in [-0.15, -0.1) is 0 Å². The highest BCUT2D eigenvalue weighted by Gasteiger charge is 2.21. The number of likely N-dealkylation sites (tertiary alicyclic amines) is 1. The zero-order valence-corrected chi connectivity index (χ0v) is 10.6. The molecular formula is C16H20NO+. The summed E-state index contributed by atoms with van der Waals surface area (Å²) < 4.78 is 0. The molecule has 1 aliphatic rings. The predicted molar refractivity (Wildman–Crippen MR) is 73.6 cm³/mol. The van der Waals surface area contributed by atoms with Crippen LogP contribution < -0.4 is 4.90 Å². The molecule has 0 aliphatic carbocycles. The summed E-state index contributed by atoms with van der Waals surface area (Å²) in [6, 6.07) is 15.1. The molecular weight excluding hydrogens is 222 g/mol. The first-order valence-corrected chi connectivity index (χ1v) is 6.81. The van der Waals surface area contributed by atoms with Crippen molar-refractivity contribution >= 4 is 10.8 Å². The Morgan fingerprint density at radius 1 is 1.11 bits per heavy atom. The van der Waals surface area contributed by atoms with E-state index in [1.54, 1.807) is 0 Å². The third kappa shape index (κ3) is 2.40. The van der Waals surface area contributed by atoms with Crippen LogP contribution in [-0.2, 0) is 6.54 Å². The molecule has 0 radical (unpaired) electrons. The van der Waals surface area contributed by atoms with Crippen LogP contribution >= 0.6 is 0 Å². The van der Waals surface area contributed by atoms with Crippen LogP contribution in [0.3, 0.4) is 0 Å². The summed E-state index contributed by atoms with van der Waals surface area (Å²) in [6.45, 7) is 3.10. The van der Waals surface area contributed by atoms with Gasteiger partial charge in [-0.05, 0) is 23.6 Å². The SMILES string of the molecule is O[C@H]1CCC[NH+](Cc2cccc3ccccc23)C1. The number of aliphatic hydroxyl groups excluding tert-OH is 1. The van der Waals surface area contributed by atoms with Gasteiger partial charge in [0, 0.05) is 5.56 Å². The maximum Gasteiger partial charge on any atom is 0.104 e. The molecule has 1 unspecified atom stereocenters. The number of fused-ring (bicyclic) bond motifs is 1. The number of benzene rings is 2. The second-order valence-electron chi connectivity index (χ2n) is 5.32. The molecule has 1 saturated heterocycles. The van der Waals surface area contributed by atoms with Gasteiger partial charge in [-0.3, -0.25) is 0 Å². The molecule has 0 aromatic heterocycles. The van der Waals surface area contributed by atoms with E-state index < -0.39 is 0 Å². The molecule has 2 aromatic carbocycles. The van der Waals surface area contributed by atoms with Gasteiger partial charge in [0.05, 0.1) is 6.54 Å². The van der Waals surface area contributed by atoms with Crippen LogP contribution in [-0.4, -0.2) is 24.3 Å². The lowest BCUT2D eigenvalue weighted by Gasteiger charge is -2.27. The van der Waals surface area contributed by atoms with E-state index in [0.717, 1.165) is 25.9 Å². The minimum Gasteiger partial charge on any atom is -0.387 e. The first kappa shape index (κ1) is 11.7. The molecule has 2 nitrogen and oxygen atoms in total. The van der Waals surface area contributed by atoms with E-state index in [0.29, 0.717) is 0 Å². The van der Waals surface area contributed by atoms with Crippen molar-refractivity contribution in [2.45, 2.75) is 25.5 Å². The Balaban J connectivity index is 1.86. The summed E-state index contributed by atoms with van der Waals surface area (Å²) in [7, 11) is 0. The first-order chi connectivity index (χ1) is 8.83. The Morgan fingerprint density at radius 2 is 1.94 bits per heavy atom. The average molecular weight is 242 g/mol. The molecule has 3 rings (SSSR count). The fraction of sp³-hybridized carbons (Fsp3) is 0.375. The largest absolute Gasteiger partial charge is 0.387 e. The van der Waals surface area contributed by atoms with Gasteiger partial charge < -0.3 is 10.0 Å². The molecule has 1 heterocycles. The monoisotopic (exact) mass is 242 g/mol. The standard InChI is InChI=1S/C16H19NO/c18-15-8-4-10-17(12-15)11-14-7-3-6-13-5-1-2-9-16(13)14/h1-3,5-7,9,15,18H,4,8,10-12H2/p+1/t15-/m0/s1. The smallest absolute Gasteiger partial charge is 0.104 e. The summed E-state index contributed by atoms with van der Waals surface area (Å²) in [5, 5.41) is 12.4. The number of hydrogen-bond donors (Lipinski definition) is 2. The fourth-order valence-electron chi connectivity index (χ4n) is 3.00. The molecule has 18 heavy (non-hydrogen) atoms. The third-order valence-electron chi connectivity index (χ3n) is 3.91. The highest BCUT2D eigenvalue weighted by Crippen LogP contribution is 2.17. The van der Waals surface area contributed by atoms with Crippen LogP contribution in [0.25, 0.3) is 10.8 Å². The second-order valence-corrected chi connectivity index (χ2v) is 5.32. The van der Waals surface area contributed by atoms with Crippen LogP contribution in [0.1, 0.15) is 18.4 Å². The Morgan fingerprint density at radius 3 is 2.83 bits per heavy atom. The van der Waals surface area contributed by atoms with Crippen molar-refractivity contribution in [2.75, 3.05) is 13.1 Å². The maximum absolute atomic E-state index is 9.75. The van der Waals surface area contributed by atoms with E-state index in [4.69, 9.17) is 0 Å². The summed E-state index contributed by atoms with van der Waals surface area (Å²) in [6.07, 6.45) is 2.00. The quantitative estimate of drug-likeness (QED) is 0.817. The van der Waals surface area contributed by atoms with Crippen molar-refractivity contribution in [1.29, 1.82) is 0 Å². The molecule has 1 fully saturated rings. The molecule has 0 spiro atoms. The lowest BCUT2D eigenvalue weighted by atomic mass is 10.0. The van der Waals surface area contributed by atoms with E-state index in [9.17, 15) is 5.11 Å². The predicted octanol–water partition coefficient (Wildman–Crippen LogP) is 1.38. The normalized spacial score (nSPS) is 24.3. The van der Waals surface area contributed by atoms with Gasteiger partial charge in [-0.25, -0.2) is 0 Å². The van der Waals surface area contributed by atoms with Crippen molar-refractivity contribution in [3.05, 3.63) is 48.0 Å². The van der Waals surface area contributed by atoms with Gasteiger partial charge in [0.15, 0.2) is 0 Å². The van der Waals surface area contributed by atoms with E-state index in [1.165, 1.54) is 27.8 Å². The highest BCUT2D eigenvalue weighted by molar-refractivity contribution is 5.85. The Kier molecular flexibility index (Phi) is 3.31. The number of piperidine rings is 1.